The van der Waals surface area contributed by atoms with Gasteiger partial charge in [0.15, 0.2) is 0 Å². The summed E-state index contributed by atoms with van der Waals surface area (Å²) in [4.78, 5) is 12.6. The van der Waals surface area contributed by atoms with Crippen molar-refractivity contribution in [2.75, 3.05) is 22.4 Å². The maximum Gasteiger partial charge on any atom is 0.245 e. The number of rotatable bonds is 5. The Hall–Kier alpha value is -2.74. The average molecular weight is 463 g/mol. The van der Waals surface area contributed by atoms with E-state index < -0.39 is 22.5 Å². The number of fused-ring (bicyclic) bond motifs is 3. The van der Waals surface area contributed by atoms with Crippen LogP contribution in [0.2, 0.25) is 10.0 Å². The number of nitrogens with one attached hydrogen (secondary N) is 1. The van der Waals surface area contributed by atoms with E-state index in [9.17, 15) is 13.2 Å². The molecule has 30 heavy (non-hydrogen) atoms. The number of halogens is 2. The van der Waals surface area contributed by atoms with E-state index in [1.807, 2.05) is 30.3 Å². The second-order valence-corrected chi connectivity index (χ2v) is 9.39. The van der Waals surface area contributed by atoms with Crippen LogP contribution in [0.1, 0.15) is 0 Å². The number of benzene rings is 3. The molecule has 1 N–H and O–H groups in total. The van der Waals surface area contributed by atoms with E-state index in [1.54, 1.807) is 18.2 Å². The Balaban J connectivity index is 1.60. The molecule has 6 nitrogen and oxygen atoms in total. The van der Waals surface area contributed by atoms with Gasteiger partial charge in [-0.15, -0.1) is 0 Å². The summed E-state index contributed by atoms with van der Waals surface area (Å²) in [6, 6.07) is 17.5. The van der Waals surface area contributed by atoms with Gasteiger partial charge >= 0.3 is 0 Å². The summed E-state index contributed by atoms with van der Waals surface area (Å²) in [5, 5.41) is 4.85. The fourth-order valence-corrected chi connectivity index (χ4v) is 4.51. The second kappa shape index (κ2) is 7.83. The molecule has 0 bridgehead atoms. The van der Waals surface area contributed by atoms with Crippen LogP contribution >= 0.6 is 23.2 Å². The number of furan rings is 1. The predicted octanol–water partition coefficient (Wildman–Crippen LogP) is 5.30. The Morgan fingerprint density at radius 1 is 1.00 bits per heavy atom. The summed E-state index contributed by atoms with van der Waals surface area (Å²) >= 11 is 12.2. The van der Waals surface area contributed by atoms with Crippen LogP contribution in [0.15, 0.2) is 65.1 Å². The molecule has 0 saturated carbocycles. The molecule has 1 aromatic heterocycles. The van der Waals surface area contributed by atoms with Gasteiger partial charge in [0.2, 0.25) is 15.9 Å². The molecule has 0 atom stereocenters. The number of nitrogens with zero attached hydrogens (tertiary/aromatic N) is 1. The lowest BCUT2D eigenvalue weighted by Crippen LogP contribution is -2.37. The molecule has 154 valence electrons. The quantitative estimate of drug-likeness (QED) is 0.436. The van der Waals surface area contributed by atoms with Crippen molar-refractivity contribution >= 4 is 72.4 Å². The lowest BCUT2D eigenvalue weighted by atomic mass is 10.1. The van der Waals surface area contributed by atoms with Crippen LogP contribution < -0.4 is 9.62 Å². The monoisotopic (exact) mass is 462 g/mol. The molecule has 0 aliphatic heterocycles. The largest absolute Gasteiger partial charge is 0.456 e. The fraction of sp³-hybridized carbons (Fsp3) is 0.0952. The number of hydrogen-bond donors (Lipinski definition) is 1. The van der Waals surface area contributed by atoms with E-state index in [0.717, 1.165) is 26.9 Å². The first-order valence-corrected chi connectivity index (χ1v) is 11.5. The van der Waals surface area contributed by atoms with Gasteiger partial charge in [-0.2, -0.15) is 0 Å². The van der Waals surface area contributed by atoms with E-state index >= 15 is 0 Å². The molecule has 4 rings (SSSR count). The van der Waals surface area contributed by atoms with Crippen LogP contribution in [-0.2, 0) is 14.8 Å². The third-order valence-electron chi connectivity index (χ3n) is 4.55. The molecule has 0 fully saturated rings. The fourth-order valence-electron chi connectivity index (χ4n) is 3.20. The van der Waals surface area contributed by atoms with E-state index in [0.29, 0.717) is 11.3 Å². The zero-order valence-electron chi connectivity index (χ0n) is 15.7. The molecule has 3 aromatic carbocycles. The number of sulfonamides is 1. The van der Waals surface area contributed by atoms with E-state index in [1.165, 1.54) is 12.1 Å². The summed E-state index contributed by atoms with van der Waals surface area (Å²) in [5.74, 6) is -0.535. The molecule has 0 aliphatic rings. The number of hydrogen-bond acceptors (Lipinski definition) is 4. The van der Waals surface area contributed by atoms with Crippen LogP contribution in [0.4, 0.5) is 11.4 Å². The molecule has 0 saturated heterocycles. The Morgan fingerprint density at radius 2 is 1.73 bits per heavy atom. The third-order valence-corrected chi connectivity index (χ3v) is 6.49. The molecule has 0 spiro atoms. The maximum absolute atomic E-state index is 12.6. The molecule has 1 amide bonds. The van der Waals surface area contributed by atoms with Crippen molar-refractivity contribution in [1.29, 1.82) is 0 Å². The predicted molar refractivity (Wildman–Crippen MR) is 121 cm³/mol. The van der Waals surface area contributed by atoms with Gasteiger partial charge in [-0.1, -0.05) is 47.5 Å². The Bertz CT molecular complexity index is 1380. The van der Waals surface area contributed by atoms with Gasteiger partial charge in [-0.3, -0.25) is 9.10 Å². The molecular weight excluding hydrogens is 447 g/mol. The van der Waals surface area contributed by atoms with E-state index in [2.05, 4.69) is 5.32 Å². The number of amides is 1. The highest BCUT2D eigenvalue weighted by atomic mass is 35.5. The molecule has 1 heterocycles. The SMILES string of the molecule is CS(=O)(=O)N(CC(=O)Nc1ccc2c(c1)oc1ccccc12)c1cccc(Cl)c1Cl. The van der Waals surface area contributed by atoms with E-state index in [-0.39, 0.29) is 15.7 Å². The summed E-state index contributed by atoms with van der Waals surface area (Å²) in [7, 11) is -3.79. The zero-order valence-corrected chi connectivity index (χ0v) is 18.1. The summed E-state index contributed by atoms with van der Waals surface area (Å²) in [6.07, 6.45) is 0.998. The maximum atomic E-state index is 12.6. The van der Waals surface area contributed by atoms with Crippen LogP contribution in [0.5, 0.6) is 0 Å². The Kier molecular flexibility index (Phi) is 5.36. The highest BCUT2D eigenvalue weighted by molar-refractivity contribution is 7.92. The Morgan fingerprint density at radius 3 is 2.50 bits per heavy atom. The standard InChI is InChI=1S/C21H16Cl2N2O4S/c1-30(27,28)25(17-7-4-6-16(22)21(17)23)12-20(26)24-13-9-10-15-14-5-2-3-8-18(14)29-19(15)11-13/h2-11H,12H2,1H3,(H,24,26). The first kappa shape index (κ1) is 20.5. The molecular formula is C21H16Cl2N2O4S. The van der Waals surface area contributed by atoms with Crippen molar-refractivity contribution < 1.29 is 17.6 Å². The summed E-state index contributed by atoms with van der Waals surface area (Å²) < 4.78 is 31.3. The normalized spacial score (nSPS) is 11.7. The van der Waals surface area contributed by atoms with Gasteiger partial charge in [-0.05, 0) is 30.3 Å². The van der Waals surface area contributed by atoms with Crippen molar-refractivity contribution in [3.63, 3.8) is 0 Å². The van der Waals surface area contributed by atoms with Crippen molar-refractivity contribution in [3.05, 3.63) is 70.7 Å². The van der Waals surface area contributed by atoms with Gasteiger partial charge in [0.1, 0.15) is 17.7 Å². The second-order valence-electron chi connectivity index (χ2n) is 6.70. The summed E-state index contributed by atoms with van der Waals surface area (Å²) in [5.41, 5.74) is 1.98. The van der Waals surface area contributed by atoms with Crippen LogP contribution in [-0.4, -0.2) is 27.1 Å². The van der Waals surface area contributed by atoms with Gasteiger partial charge in [-0.25, -0.2) is 8.42 Å². The zero-order chi connectivity index (χ0) is 21.5. The van der Waals surface area contributed by atoms with Gasteiger partial charge < -0.3 is 9.73 Å². The number of anilines is 2. The minimum Gasteiger partial charge on any atom is -0.456 e. The van der Waals surface area contributed by atoms with Gasteiger partial charge in [0, 0.05) is 22.5 Å². The summed E-state index contributed by atoms with van der Waals surface area (Å²) in [6.45, 7) is -0.461. The highest BCUT2D eigenvalue weighted by Crippen LogP contribution is 2.34. The minimum atomic E-state index is -3.79. The third kappa shape index (κ3) is 3.96. The molecule has 0 aliphatic carbocycles. The van der Waals surface area contributed by atoms with Crippen LogP contribution in [0, 0.1) is 0 Å². The highest BCUT2D eigenvalue weighted by Gasteiger charge is 2.24. The topological polar surface area (TPSA) is 79.6 Å². The average Bonchev–Trinajstić information content (AvgIpc) is 3.05. The lowest BCUT2D eigenvalue weighted by molar-refractivity contribution is -0.114. The first-order valence-electron chi connectivity index (χ1n) is 8.87. The van der Waals surface area contributed by atoms with Gasteiger partial charge in [0.05, 0.1) is 22.0 Å². The van der Waals surface area contributed by atoms with Crippen molar-refractivity contribution in [2.45, 2.75) is 0 Å². The van der Waals surface area contributed by atoms with Crippen LogP contribution in [0.3, 0.4) is 0 Å². The lowest BCUT2D eigenvalue weighted by Gasteiger charge is -2.23. The molecule has 0 unspecified atom stereocenters. The van der Waals surface area contributed by atoms with E-state index in [4.69, 9.17) is 27.6 Å². The number of carbonyl (C=O) groups is 1. The van der Waals surface area contributed by atoms with Crippen molar-refractivity contribution in [3.8, 4) is 0 Å². The minimum absolute atomic E-state index is 0.0566. The molecule has 9 heteroatoms. The molecule has 4 aromatic rings. The van der Waals surface area contributed by atoms with Crippen molar-refractivity contribution in [2.24, 2.45) is 0 Å². The smallest absolute Gasteiger partial charge is 0.245 e. The van der Waals surface area contributed by atoms with Crippen molar-refractivity contribution in [1.82, 2.24) is 0 Å². The number of carbonyl (C=O) groups excluding carboxylic acids is 1. The Labute approximate surface area is 183 Å². The number of para-hydroxylation sites is 1. The first-order chi connectivity index (χ1) is 14.2. The molecule has 0 radical (unpaired) electrons. The van der Waals surface area contributed by atoms with Gasteiger partial charge in [0.25, 0.3) is 0 Å². The van der Waals surface area contributed by atoms with Crippen LogP contribution in [0.25, 0.3) is 21.9 Å².